The number of amides is 2. The standard InChI is InChI=1S/C19H21N3O3S/c23-18(11-17-19(24)20-15-3-1-2-4-16(15)25-17)22-8-6-21(7-9-22)12-14-5-10-26-13-14/h1-5,10,13,17H,6-9,11-12H2,(H,20,24)/p+1/t17-/m1/s1. The number of carbonyl (C=O) groups is 2. The molecule has 0 unspecified atom stereocenters. The lowest BCUT2D eigenvalue weighted by atomic mass is 10.1. The van der Waals surface area contributed by atoms with E-state index in [9.17, 15) is 9.59 Å². The Labute approximate surface area is 156 Å². The predicted octanol–water partition coefficient (Wildman–Crippen LogP) is 0.765. The second-order valence-corrected chi connectivity index (χ2v) is 7.52. The van der Waals surface area contributed by atoms with Crippen LogP contribution in [0.25, 0.3) is 0 Å². The van der Waals surface area contributed by atoms with Crippen molar-refractivity contribution in [2.45, 2.75) is 19.1 Å². The highest BCUT2D eigenvalue weighted by molar-refractivity contribution is 7.07. The molecule has 3 heterocycles. The molecule has 0 spiro atoms. The lowest BCUT2D eigenvalue weighted by Crippen LogP contribution is -3.13. The van der Waals surface area contributed by atoms with Gasteiger partial charge in [-0.3, -0.25) is 9.59 Å². The van der Waals surface area contributed by atoms with Crippen LogP contribution in [0.4, 0.5) is 5.69 Å². The number of benzene rings is 1. The molecule has 7 heteroatoms. The summed E-state index contributed by atoms with van der Waals surface area (Å²) in [5.74, 6) is 0.354. The number of anilines is 1. The molecule has 1 fully saturated rings. The minimum Gasteiger partial charge on any atom is -0.478 e. The van der Waals surface area contributed by atoms with Crippen LogP contribution in [0.3, 0.4) is 0 Å². The summed E-state index contributed by atoms with van der Waals surface area (Å²) >= 11 is 1.72. The number of hydrogen-bond donors (Lipinski definition) is 2. The highest BCUT2D eigenvalue weighted by atomic mass is 32.1. The third-order valence-corrected chi connectivity index (χ3v) is 5.66. The molecule has 6 nitrogen and oxygen atoms in total. The molecule has 1 atom stereocenters. The Bertz CT molecular complexity index is 785. The number of fused-ring (bicyclic) bond motifs is 1. The van der Waals surface area contributed by atoms with Crippen LogP contribution in [0.15, 0.2) is 41.1 Å². The lowest BCUT2D eigenvalue weighted by molar-refractivity contribution is -0.917. The van der Waals surface area contributed by atoms with E-state index in [0.717, 1.165) is 32.7 Å². The molecular weight excluding hydrogens is 350 g/mol. The fraction of sp³-hybridized carbons (Fsp3) is 0.368. The third kappa shape index (κ3) is 3.73. The summed E-state index contributed by atoms with van der Waals surface area (Å²) in [5, 5.41) is 7.09. The van der Waals surface area contributed by atoms with Gasteiger partial charge in [-0.05, 0) is 29.0 Å². The van der Waals surface area contributed by atoms with Crippen LogP contribution in [-0.4, -0.2) is 49.0 Å². The minimum absolute atomic E-state index is 0.0147. The topological polar surface area (TPSA) is 63.1 Å². The van der Waals surface area contributed by atoms with E-state index in [1.165, 1.54) is 10.5 Å². The molecule has 2 aromatic rings. The summed E-state index contributed by atoms with van der Waals surface area (Å²) in [4.78, 5) is 28.1. The van der Waals surface area contributed by atoms with E-state index < -0.39 is 6.10 Å². The fourth-order valence-electron chi connectivity index (χ4n) is 3.45. The van der Waals surface area contributed by atoms with Gasteiger partial charge in [-0.1, -0.05) is 12.1 Å². The second-order valence-electron chi connectivity index (χ2n) is 6.74. The molecule has 2 N–H and O–H groups in total. The van der Waals surface area contributed by atoms with Gasteiger partial charge in [0.2, 0.25) is 5.91 Å². The predicted molar refractivity (Wildman–Crippen MR) is 99.4 cm³/mol. The highest BCUT2D eigenvalue weighted by Crippen LogP contribution is 2.29. The van der Waals surface area contributed by atoms with E-state index in [2.05, 4.69) is 22.1 Å². The van der Waals surface area contributed by atoms with E-state index in [4.69, 9.17) is 4.74 Å². The van der Waals surface area contributed by atoms with Gasteiger partial charge in [-0.2, -0.15) is 11.3 Å². The van der Waals surface area contributed by atoms with Crippen LogP contribution in [0.1, 0.15) is 12.0 Å². The van der Waals surface area contributed by atoms with Gasteiger partial charge in [0.25, 0.3) is 5.91 Å². The monoisotopic (exact) mass is 372 g/mol. The number of para-hydroxylation sites is 2. The van der Waals surface area contributed by atoms with Crippen LogP contribution in [0, 0.1) is 0 Å². The maximum absolute atomic E-state index is 12.6. The Hall–Kier alpha value is -2.38. The summed E-state index contributed by atoms with van der Waals surface area (Å²) in [6, 6.07) is 9.45. The molecule has 0 saturated carbocycles. The normalized spacial score (nSPS) is 20.2. The van der Waals surface area contributed by atoms with E-state index in [1.54, 1.807) is 23.5 Å². The van der Waals surface area contributed by atoms with Gasteiger partial charge in [0.1, 0.15) is 12.3 Å². The molecule has 0 bridgehead atoms. The maximum atomic E-state index is 12.6. The number of thiophene rings is 1. The third-order valence-electron chi connectivity index (χ3n) is 4.92. The van der Waals surface area contributed by atoms with E-state index in [-0.39, 0.29) is 18.2 Å². The zero-order valence-corrected chi connectivity index (χ0v) is 15.3. The van der Waals surface area contributed by atoms with E-state index >= 15 is 0 Å². The molecule has 1 aromatic heterocycles. The number of piperazine rings is 1. The molecular formula is C19H22N3O3S+. The van der Waals surface area contributed by atoms with Gasteiger partial charge in [0, 0.05) is 5.56 Å². The molecule has 2 aliphatic heterocycles. The van der Waals surface area contributed by atoms with Gasteiger partial charge >= 0.3 is 0 Å². The van der Waals surface area contributed by atoms with Crippen molar-refractivity contribution in [2.75, 3.05) is 31.5 Å². The van der Waals surface area contributed by atoms with Crippen LogP contribution in [0.2, 0.25) is 0 Å². The van der Waals surface area contributed by atoms with Crippen LogP contribution < -0.4 is 15.0 Å². The smallest absolute Gasteiger partial charge is 0.266 e. The van der Waals surface area contributed by atoms with Crippen LogP contribution in [0.5, 0.6) is 5.75 Å². The number of ether oxygens (including phenoxy) is 1. The van der Waals surface area contributed by atoms with Gasteiger partial charge in [-0.25, -0.2) is 0 Å². The van der Waals surface area contributed by atoms with E-state index in [1.807, 2.05) is 17.0 Å². The summed E-state index contributed by atoms with van der Waals surface area (Å²) in [7, 11) is 0. The quantitative estimate of drug-likeness (QED) is 0.833. The number of hydrogen-bond acceptors (Lipinski definition) is 4. The number of nitrogens with zero attached hydrogens (tertiary/aromatic N) is 1. The van der Waals surface area contributed by atoms with Crippen LogP contribution >= 0.6 is 11.3 Å². The first-order chi connectivity index (χ1) is 12.7. The Morgan fingerprint density at radius 3 is 2.85 bits per heavy atom. The van der Waals surface area contributed by atoms with Gasteiger partial charge in [-0.15, -0.1) is 0 Å². The molecule has 1 saturated heterocycles. The Morgan fingerprint density at radius 2 is 2.08 bits per heavy atom. The summed E-state index contributed by atoms with van der Waals surface area (Å²) < 4.78 is 5.73. The van der Waals surface area contributed by atoms with Gasteiger partial charge < -0.3 is 19.9 Å². The number of carbonyl (C=O) groups excluding carboxylic acids is 2. The van der Waals surface area contributed by atoms with Crippen molar-refractivity contribution in [2.24, 2.45) is 0 Å². The van der Waals surface area contributed by atoms with Crippen molar-refractivity contribution < 1.29 is 19.2 Å². The minimum atomic E-state index is -0.756. The molecule has 1 aromatic carbocycles. The zero-order chi connectivity index (χ0) is 17.9. The van der Waals surface area contributed by atoms with Gasteiger partial charge in [0.15, 0.2) is 6.10 Å². The Balaban J connectivity index is 1.30. The molecule has 26 heavy (non-hydrogen) atoms. The molecule has 4 rings (SSSR count). The zero-order valence-electron chi connectivity index (χ0n) is 14.4. The summed E-state index contributed by atoms with van der Waals surface area (Å²) in [5.41, 5.74) is 2.02. The van der Waals surface area contributed by atoms with Crippen molar-refractivity contribution in [1.82, 2.24) is 4.90 Å². The number of rotatable bonds is 4. The highest BCUT2D eigenvalue weighted by Gasteiger charge is 2.32. The first-order valence-electron chi connectivity index (χ1n) is 8.88. The van der Waals surface area contributed by atoms with Crippen molar-refractivity contribution >= 4 is 28.8 Å². The van der Waals surface area contributed by atoms with Crippen molar-refractivity contribution in [3.05, 3.63) is 46.7 Å². The number of quaternary nitrogens is 1. The average molecular weight is 372 g/mol. The fourth-order valence-corrected chi connectivity index (χ4v) is 4.11. The Morgan fingerprint density at radius 1 is 1.27 bits per heavy atom. The van der Waals surface area contributed by atoms with E-state index in [0.29, 0.717) is 11.4 Å². The molecule has 2 aliphatic rings. The van der Waals surface area contributed by atoms with Gasteiger partial charge in [0.05, 0.1) is 38.3 Å². The SMILES string of the molecule is O=C1Nc2ccccc2O[C@@H]1CC(=O)N1CC[NH+](Cc2ccsc2)CC1. The second kappa shape index (κ2) is 7.47. The first kappa shape index (κ1) is 17.1. The average Bonchev–Trinajstić information content (AvgIpc) is 3.16. The maximum Gasteiger partial charge on any atom is 0.266 e. The summed E-state index contributed by atoms with van der Waals surface area (Å²) in [6.45, 7) is 4.33. The van der Waals surface area contributed by atoms with Crippen molar-refractivity contribution in [1.29, 1.82) is 0 Å². The molecule has 0 aliphatic carbocycles. The van der Waals surface area contributed by atoms with Crippen LogP contribution in [-0.2, 0) is 16.1 Å². The Kier molecular flexibility index (Phi) is 4.90. The first-order valence-corrected chi connectivity index (χ1v) is 9.82. The van der Waals surface area contributed by atoms with Crippen molar-refractivity contribution in [3.63, 3.8) is 0 Å². The van der Waals surface area contributed by atoms with Crippen molar-refractivity contribution in [3.8, 4) is 5.75 Å². The largest absolute Gasteiger partial charge is 0.478 e. The lowest BCUT2D eigenvalue weighted by Gasteiger charge is -2.33. The summed E-state index contributed by atoms with van der Waals surface area (Å²) in [6.07, 6.45) is -0.673. The number of nitrogens with one attached hydrogen (secondary N) is 2. The molecule has 2 amide bonds. The molecule has 0 radical (unpaired) electrons. The molecule has 136 valence electrons.